The van der Waals surface area contributed by atoms with Gasteiger partial charge in [-0.05, 0) is 115 Å². The summed E-state index contributed by atoms with van der Waals surface area (Å²) >= 11 is 0. The third kappa shape index (κ3) is 4.57. The van der Waals surface area contributed by atoms with E-state index in [0.717, 1.165) is 5.69 Å². The highest BCUT2D eigenvalue weighted by Gasteiger charge is 2.17. The predicted molar refractivity (Wildman–Crippen MR) is 239 cm³/mol. The lowest BCUT2D eigenvalue weighted by Crippen LogP contribution is -1.94. The first kappa shape index (κ1) is 31.0. The highest BCUT2D eigenvalue weighted by molar-refractivity contribution is 6.21. The van der Waals surface area contributed by atoms with Crippen LogP contribution >= 0.6 is 0 Å². The van der Waals surface area contributed by atoms with Gasteiger partial charge in [-0.1, -0.05) is 146 Å². The fourth-order valence-electron chi connectivity index (χ4n) is 9.33. The number of para-hydroxylation sites is 3. The lowest BCUT2D eigenvalue weighted by atomic mass is 9.91. The van der Waals surface area contributed by atoms with Gasteiger partial charge in [0.25, 0.3) is 0 Å². The first-order chi connectivity index (χ1) is 27.8. The summed E-state index contributed by atoms with van der Waals surface area (Å²) < 4.78 is 4.81. The zero-order valence-corrected chi connectivity index (χ0v) is 30.5. The van der Waals surface area contributed by atoms with Crippen LogP contribution in [-0.4, -0.2) is 9.13 Å². The predicted octanol–water partition coefficient (Wildman–Crippen LogP) is 14.7. The number of aromatic nitrogens is 2. The van der Waals surface area contributed by atoms with Crippen molar-refractivity contribution >= 4 is 75.9 Å². The van der Waals surface area contributed by atoms with E-state index in [1.807, 2.05) is 0 Å². The molecule has 0 amide bonds. The lowest BCUT2D eigenvalue weighted by molar-refractivity contribution is 1.18. The van der Waals surface area contributed by atoms with E-state index in [4.69, 9.17) is 0 Å². The van der Waals surface area contributed by atoms with Gasteiger partial charge >= 0.3 is 0 Å². The number of fused-ring (bicyclic) bond motifs is 11. The summed E-state index contributed by atoms with van der Waals surface area (Å²) in [7, 11) is 0. The average Bonchev–Trinajstić information content (AvgIpc) is 3.78. The Hall–Kier alpha value is -7.42. The van der Waals surface area contributed by atoms with Crippen LogP contribution in [0, 0.1) is 0 Å². The van der Waals surface area contributed by atoms with Gasteiger partial charge in [0.05, 0.1) is 22.1 Å². The second-order valence-corrected chi connectivity index (χ2v) is 14.9. The van der Waals surface area contributed by atoms with Crippen molar-refractivity contribution in [2.45, 2.75) is 0 Å². The van der Waals surface area contributed by atoms with Gasteiger partial charge in [-0.3, -0.25) is 0 Å². The van der Waals surface area contributed by atoms with Crippen molar-refractivity contribution in [3.63, 3.8) is 0 Å². The van der Waals surface area contributed by atoms with Crippen LogP contribution < -0.4 is 0 Å². The van der Waals surface area contributed by atoms with Crippen molar-refractivity contribution in [3.8, 4) is 33.6 Å². The van der Waals surface area contributed by atoms with Gasteiger partial charge in [0, 0.05) is 32.9 Å². The maximum atomic E-state index is 2.42. The van der Waals surface area contributed by atoms with E-state index in [9.17, 15) is 0 Å². The summed E-state index contributed by atoms with van der Waals surface area (Å²) in [6, 6.07) is 75.8. The Morgan fingerprint density at radius 1 is 0.232 bits per heavy atom. The molecule has 2 nitrogen and oxygen atoms in total. The molecule has 0 saturated carbocycles. The second-order valence-electron chi connectivity index (χ2n) is 14.9. The minimum atomic E-state index is 1.15. The number of hydrogen-bond donors (Lipinski definition) is 0. The summed E-state index contributed by atoms with van der Waals surface area (Å²) in [4.78, 5) is 0. The smallest absolute Gasteiger partial charge is 0.0547 e. The molecule has 260 valence electrons. The first-order valence-electron chi connectivity index (χ1n) is 19.3. The van der Waals surface area contributed by atoms with Crippen LogP contribution in [0.25, 0.3) is 110 Å². The molecule has 0 spiro atoms. The minimum absolute atomic E-state index is 1.15. The number of rotatable bonds is 4. The molecular formula is C54H34N2. The quantitative estimate of drug-likeness (QED) is 0.161. The van der Waals surface area contributed by atoms with Crippen molar-refractivity contribution in [2.75, 3.05) is 0 Å². The van der Waals surface area contributed by atoms with Crippen LogP contribution in [0.3, 0.4) is 0 Å². The number of benzene rings is 10. The largest absolute Gasteiger partial charge is 0.309 e. The fourth-order valence-corrected chi connectivity index (χ4v) is 9.33. The number of nitrogens with zero attached hydrogens (tertiary/aromatic N) is 2. The molecule has 0 fully saturated rings. The summed E-state index contributed by atoms with van der Waals surface area (Å²) in [5.74, 6) is 0. The monoisotopic (exact) mass is 710 g/mol. The van der Waals surface area contributed by atoms with Crippen molar-refractivity contribution < 1.29 is 0 Å². The zero-order chi connectivity index (χ0) is 36.7. The maximum absolute atomic E-state index is 2.42. The van der Waals surface area contributed by atoms with Crippen LogP contribution in [-0.2, 0) is 0 Å². The van der Waals surface area contributed by atoms with E-state index < -0.39 is 0 Å². The molecule has 56 heavy (non-hydrogen) atoms. The molecule has 0 unspecified atom stereocenters. The Labute approximate surface area is 323 Å². The standard InChI is InChI=1S/C54H34N2/c1-2-13-39(14-3-1)56-51-20-10-8-18-45(51)47-30-25-38(33-54(47)56)37-26-31-53-50(32-37)46-19-9-11-21-52(46)55(53)40-27-22-36(23-28-40)48-34-49-41-15-5-4-12-35(41)24-29-44(49)42-16-6-7-17-43(42)48/h1-34H. The van der Waals surface area contributed by atoms with Crippen molar-refractivity contribution in [1.82, 2.24) is 9.13 Å². The molecule has 0 bridgehead atoms. The van der Waals surface area contributed by atoms with Crippen molar-refractivity contribution in [1.29, 1.82) is 0 Å². The Balaban J connectivity index is 0.999. The second kappa shape index (κ2) is 12.0. The molecule has 0 saturated heterocycles. The van der Waals surface area contributed by atoms with Gasteiger partial charge in [-0.15, -0.1) is 0 Å². The zero-order valence-electron chi connectivity index (χ0n) is 30.5. The van der Waals surface area contributed by atoms with Gasteiger partial charge in [0.1, 0.15) is 0 Å². The molecule has 10 aromatic carbocycles. The molecule has 0 aliphatic rings. The Morgan fingerprint density at radius 2 is 0.732 bits per heavy atom. The molecule has 0 aliphatic heterocycles. The van der Waals surface area contributed by atoms with Crippen LogP contribution in [0.15, 0.2) is 206 Å². The highest BCUT2D eigenvalue weighted by atomic mass is 15.0. The van der Waals surface area contributed by atoms with Crippen molar-refractivity contribution in [3.05, 3.63) is 206 Å². The van der Waals surface area contributed by atoms with E-state index in [0.29, 0.717) is 0 Å². The van der Waals surface area contributed by atoms with Gasteiger partial charge in [-0.2, -0.15) is 0 Å². The van der Waals surface area contributed by atoms with Gasteiger partial charge in [0.15, 0.2) is 0 Å². The summed E-state index contributed by atoms with van der Waals surface area (Å²) in [5, 5.41) is 12.7. The SMILES string of the molecule is c1ccc(-n2c3ccccc3c3ccc(-c4ccc5c(c4)c4ccccc4n5-c4ccc(-c5cc6c7ccccc7ccc6c6ccccc56)cc4)cc32)cc1. The summed E-state index contributed by atoms with van der Waals surface area (Å²) in [5.41, 5.74) is 12.0. The lowest BCUT2D eigenvalue weighted by Gasteiger charge is -2.14. The van der Waals surface area contributed by atoms with Crippen LogP contribution in [0.4, 0.5) is 0 Å². The first-order valence-corrected chi connectivity index (χ1v) is 19.3. The van der Waals surface area contributed by atoms with E-state index in [-0.39, 0.29) is 0 Å². The van der Waals surface area contributed by atoms with Gasteiger partial charge < -0.3 is 9.13 Å². The van der Waals surface area contributed by atoms with Crippen molar-refractivity contribution in [2.24, 2.45) is 0 Å². The topological polar surface area (TPSA) is 9.86 Å². The van der Waals surface area contributed by atoms with E-state index in [2.05, 4.69) is 215 Å². The minimum Gasteiger partial charge on any atom is -0.309 e. The third-order valence-corrected chi connectivity index (χ3v) is 11.9. The van der Waals surface area contributed by atoms with Gasteiger partial charge in [0.2, 0.25) is 0 Å². The Morgan fingerprint density at radius 3 is 1.52 bits per heavy atom. The molecule has 12 aromatic rings. The Kier molecular flexibility index (Phi) is 6.66. The number of hydrogen-bond acceptors (Lipinski definition) is 0. The van der Waals surface area contributed by atoms with Crippen LogP contribution in [0.2, 0.25) is 0 Å². The summed E-state index contributed by atoms with van der Waals surface area (Å²) in [6.45, 7) is 0. The van der Waals surface area contributed by atoms with E-state index in [1.54, 1.807) is 0 Å². The molecular weight excluding hydrogens is 677 g/mol. The van der Waals surface area contributed by atoms with Crippen LogP contribution in [0.5, 0.6) is 0 Å². The van der Waals surface area contributed by atoms with Gasteiger partial charge in [-0.25, -0.2) is 0 Å². The normalized spacial score (nSPS) is 11.9. The third-order valence-electron chi connectivity index (χ3n) is 11.9. The summed E-state index contributed by atoms with van der Waals surface area (Å²) in [6.07, 6.45) is 0. The van der Waals surface area contributed by atoms with E-state index in [1.165, 1.54) is 104 Å². The molecule has 0 N–H and O–H groups in total. The molecule has 0 radical (unpaired) electrons. The fraction of sp³-hybridized carbons (Fsp3) is 0. The maximum Gasteiger partial charge on any atom is 0.0547 e. The molecule has 2 aromatic heterocycles. The molecule has 2 heterocycles. The molecule has 2 heteroatoms. The highest BCUT2D eigenvalue weighted by Crippen LogP contribution is 2.41. The average molecular weight is 711 g/mol. The Bertz CT molecular complexity index is 3510. The molecule has 0 atom stereocenters. The van der Waals surface area contributed by atoms with Crippen LogP contribution in [0.1, 0.15) is 0 Å². The molecule has 12 rings (SSSR count). The molecule has 0 aliphatic carbocycles. The van der Waals surface area contributed by atoms with E-state index >= 15 is 0 Å².